The zero-order valence-corrected chi connectivity index (χ0v) is 23.8. The smallest absolute Gasteiger partial charge is 0.323 e. The lowest BCUT2D eigenvalue weighted by atomic mass is 9.85. The molecule has 210 valence electrons. The Labute approximate surface area is 240 Å². The molecule has 3 N–H and O–H groups in total. The minimum Gasteiger partial charge on any atom is -0.480 e. The van der Waals surface area contributed by atoms with Crippen LogP contribution in [0, 0.1) is 0 Å². The second kappa shape index (κ2) is 11.4. The fourth-order valence-electron chi connectivity index (χ4n) is 4.90. The van der Waals surface area contributed by atoms with Crippen molar-refractivity contribution in [2.45, 2.75) is 29.3 Å². The monoisotopic (exact) mass is 617 g/mol. The predicted molar refractivity (Wildman–Crippen MR) is 147 cm³/mol. The van der Waals surface area contributed by atoms with E-state index in [4.69, 9.17) is 34.8 Å². The minimum absolute atomic E-state index is 0.0220. The third kappa shape index (κ3) is 5.90. The summed E-state index contributed by atoms with van der Waals surface area (Å²) in [5.74, 6) is -1.54. The lowest BCUT2D eigenvalue weighted by molar-refractivity contribution is -0.138. The molecule has 2 aliphatic rings. The molecule has 2 aromatic rings. The Bertz CT molecular complexity index is 1360. The van der Waals surface area contributed by atoms with Crippen LogP contribution >= 0.6 is 34.8 Å². The van der Waals surface area contributed by atoms with Crippen LogP contribution in [0.2, 0.25) is 15.1 Å². The number of para-hydroxylation sites is 1. The second-order valence-electron chi connectivity index (χ2n) is 9.32. The Morgan fingerprint density at radius 2 is 1.67 bits per heavy atom. The molecule has 39 heavy (non-hydrogen) atoms. The van der Waals surface area contributed by atoms with Crippen LogP contribution < -0.4 is 14.9 Å². The fraction of sp³-hybridized carbons (Fsp3) is 0.375. The van der Waals surface area contributed by atoms with E-state index in [1.165, 1.54) is 4.90 Å². The minimum atomic E-state index is -4.48. The second-order valence-corrected chi connectivity index (χ2v) is 12.2. The summed E-state index contributed by atoms with van der Waals surface area (Å²) in [6.07, 6.45) is 0.752. The van der Waals surface area contributed by atoms with Crippen molar-refractivity contribution in [3.05, 3.63) is 57.5 Å². The van der Waals surface area contributed by atoms with Crippen molar-refractivity contribution in [3.63, 3.8) is 0 Å². The molecule has 1 unspecified atom stereocenters. The van der Waals surface area contributed by atoms with Crippen molar-refractivity contribution in [3.8, 4) is 0 Å². The maximum atomic E-state index is 13.2. The Balaban J connectivity index is 1.40. The zero-order chi connectivity index (χ0) is 28.5. The zero-order valence-electron chi connectivity index (χ0n) is 20.7. The van der Waals surface area contributed by atoms with Crippen LogP contribution in [0.15, 0.2) is 47.4 Å². The summed E-state index contributed by atoms with van der Waals surface area (Å²) < 4.78 is 27.7. The van der Waals surface area contributed by atoms with Crippen LogP contribution in [0.1, 0.15) is 12.8 Å². The highest BCUT2D eigenvalue weighted by Crippen LogP contribution is 2.39. The van der Waals surface area contributed by atoms with Gasteiger partial charge in [-0.05, 0) is 37.1 Å². The number of halogens is 3. The molecule has 0 bridgehead atoms. The lowest BCUT2D eigenvalue weighted by Crippen LogP contribution is -2.59. The van der Waals surface area contributed by atoms with Crippen molar-refractivity contribution in [2.75, 3.05) is 38.3 Å². The number of likely N-dealkylation sites (N-methyl/N-ethyl adjacent to an activating group) is 1. The van der Waals surface area contributed by atoms with Gasteiger partial charge in [0.25, 0.3) is 0 Å². The van der Waals surface area contributed by atoms with E-state index in [1.54, 1.807) is 11.9 Å². The van der Waals surface area contributed by atoms with Gasteiger partial charge in [-0.15, -0.1) is 0 Å². The molecule has 2 heterocycles. The summed E-state index contributed by atoms with van der Waals surface area (Å²) in [5, 5.41) is 11.6. The highest BCUT2D eigenvalue weighted by molar-refractivity contribution is 7.89. The number of rotatable bonds is 7. The van der Waals surface area contributed by atoms with Crippen LogP contribution in [0.5, 0.6) is 0 Å². The van der Waals surface area contributed by atoms with Crippen LogP contribution in [-0.4, -0.2) is 86.2 Å². The molecule has 15 heteroatoms. The normalized spacial score (nSPS) is 17.9. The van der Waals surface area contributed by atoms with Gasteiger partial charge in [-0.1, -0.05) is 53.0 Å². The summed E-state index contributed by atoms with van der Waals surface area (Å²) in [7, 11) is -2.74. The average Bonchev–Trinajstić information content (AvgIpc) is 3.11. The van der Waals surface area contributed by atoms with Gasteiger partial charge in [0, 0.05) is 37.4 Å². The van der Waals surface area contributed by atoms with Gasteiger partial charge in [0.1, 0.15) is 16.5 Å². The van der Waals surface area contributed by atoms with E-state index < -0.39 is 45.0 Å². The van der Waals surface area contributed by atoms with Crippen molar-refractivity contribution in [1.82, 2.24) is 19.8 Å². The number of urea groups is 1. The maximum Gasteiger partial charge on any atom is 0.323 e. The molecule has 1 atom stereocenters. The van der Waals surface area contributed by atoms with Gasteiger partial charge < -0.3 is 25.1 Å². The summed E-state index contributed by atoms with van der Waals surface area (Å²) in [6.45, 7) is 0.370. The Morgan fingerprint density at radius 3 is 2.23 bits per heavy atom. The molecule has 1 spiro atoms. The number of carbonyl (C=O) groups is 3. The van der Waals surface area contributed by atoms with E-state index in [0.717, 1.165) is 17.8 Å². The van der Waals surface area contributed by atoms with Gasteiger partial charge >= 0.3 is 12.0 Å². The number of hydrogen-bond acceptors (Lipinski definition) is 6. The van der Waals surface area contributed by atoms with Crippen molar-refractivity contribution >= 4 is 68.4 Å². The highest BCUT2D eigenvalue weighted by Gasteiger charge is 2.53. The van der Waals surface area contributed by atoms with Crippen molar-refractivity contribution < 1.29 is 27.9 Å². The van der Waals surface area contributed by atoms with Gasteiger partial charge in [0.05, 0.1) is 16.7 Å². The molecule has 2 aromatic carbocycles. The number of nitrogens with one attached hydrogen (secondary N) is 2. The number of hydrogen-bond donors (Lipinski definition) is 3. The van der Waals surface area contributed by atoms with Crippen LogP contribution in [0.3, 0.4) is 0 Å². The molecule has 2 aliphatic heterocycles. The quantitative estimate of drug-likeness (QED) is 0.434. The first-order chi connectivity index (χ1) is 18.4. The van der Waals surface area contributed by atoms with Crippen LogP contribution in [0.4, 0.5) is 10.5 Å². The van der Waals surface area contributed by atoms with E-state index >= 15 is 0 Å². The number of nitrogens with zero attached hydrogens (tertiary/aromatic N) is 3. The number of aliphatic carboxylic acids is 1. The number of carboxylic acid groups (broad SMARTS) is 1. The van der Waals surface area contributed by atoms with Gasteiger partial charge in [0.15, 0.2) is 0 Å². The molecule has 0 aromatic heterocycles. The first kappa shape index (κ1) is 29.2. The molecule has 2 saturated heterocycles. The van der Waals surface area contributed by atoms with Gasteiger partial charge in [-0.25, -0.2) is 13.2 Å². The largest absolute Gasteiger partial charge is 0.480 e. The van der Waals surface area contributed by atoms with E-state index in [1.807, 2.05) is 40.0 Å². The third-order valence-corrected chi connectivity index (χ3v) is 9.46. The Kier molecular flexibility index (Phi) is 8.52. The van der Waals surface area contributed by atoms with Crippen molar-refractivity contribution in [1.29, 1.82) is 0 Å². The summed E-state index contributed by atoms with van der Waals surface area (Å²) in [6, 6.07) is 9.60. The molecular formula is C24H26Cl3N5O6S. The number of carbonyl (C=O) groups excluding carboxylic acids is 2. The highest BCUT2D eigenvalue weighted by atomic mass is 35.5. The fourth-order valence-corrected chi connectivity index (χ4v) is 7.63. The van der Waals surface area contributed by atoms with E-state index in [2.05, 4.69) is 5.32 Å². The van der Waals surface area contributed by atoms with E-state index in [9.17, 15) is 27.9 Å². The standard InChI is InChI=1S/C24H26Cl3N5O6S/c1-30-14-32(16-5-3-2-4-6-16)24(22(30)35)7-9-31(10-8-24)23(36)28-13-19(21(33)34)29-39(37,38)20-17(26)11-15(25)12-18(20)27/h2-6,11-12,19,29H,7-10,13-14H2,1H3,(H,28,36)(H,33,34). The Hall–Kier alpha value is -2.77. The molecule has 0 saturated carbocycles. The molecule has 0 radical (unpaired) electrons. The number of sulfonamides is 1. The number of likely N-dealkylation sites (tertiary alicyclic amines) is 1. The molecule has 2 fully saturated rings. The molecule has 3 amide bonds. The summed E-state index contributed by atoms with van der Waals surface area (Å²) in [5.41, 5.74) is 0.119. The number of amides is 3. The molecule has 0 aliphatic carbocycles. The lowest BCUT2D eigenvalue weighted by Gasteiger charge is -2.43. The van der Waals surface area contributed by atoms with E-state index in [0.29, 0.717) is 19.5 Å². The Morgan fingerprint density at radius 1 is 1.08 bits per heavy atom. The van der Waals surface area contributed by atoms with Crippen LogP contribution in [0.25, 0.3) is 0 Å². The molecule has 11 nitrogen and oxygen atoms in total. The molecular weight excluding hydrogens is 593 g/mol. The summed E-state index contributed by atoms with van der Waals surface area (Å²) in [4.78, 5) is 42.5. The first-order valence-electron chi connectivity index (χ1n) is 11.9. The van der Waals surface area contributed by atoms with Gasteiger partial charge in [-0.2, -0.15) is 4.72 Å². The third-order valence-electron chi connectivity index (χ3n) is 6.85. The number of benzene rings is 2. The first-order valence-corrected chi connectivity index (χ1v) is 14.5. The average molecular weight is 619 g/mol. The van der Waals surface area contributed by atoms with Gasteiger partial charge in [-0.3, -0.25) is 9.59 Å². The van der Waals surface area contributed by atoms with E-state index in [-0.39, 0.29) is 34.1 Å². The number of anilines is 1. The topological polar surface area (TPSA) is 139 Å². The number of piperidine rings is 1. The van der Waals surface area contributed by atoms with Crippen LogP contribution in [-0.2, 0) is 19.6 Å². The summed E-state index contributed by atoms with van der Waals surface area (Å²) >= 11 is 17.8. The SMILES string of the molecule is CN1CN(c2ccccc2)C2(CCN(C(=O)NCC(NS(=O)(=O)c3c(Cl)cc(Cl)cc3Cl)C(=O)O)CC2)C1=O. The predicted octanol–water partition coefficient (Wildman–Crippen LogP) is 2.86. The maximum absolute atomic E-state index is 13.2. The molecule has 4 rings (SSSR count). The number of carboxylic acids is 1. The van der Waals surface area contributed by atoms with Crippen molar-refractivity contribution in [2.24, 2.45) is 0 Å². The van der Waals surface area contributed by atoms with Gasteiger partial charge in [0.2, 0.25) is 15.9 Å².